The third kappa shape index (κ3) is 3.24. The Balaban J connectivity index is 1.66. The second kappa shape index (κ2) is 7.22. The molecule has 28 heavy (non-hydrogen) atoms. The number of hydrogen-bond donors (Lipinski definition) is 1. The molecule has 0 saturated heterocycles. The SMILES string of the molecule is CC(C)c1nc2cc(NC(=O)C(c3ccccc3)n3cnnn3)ccc2n1C. The Morgan fingerprint density at radius 1 is 1.11 bits per heavy atom. The highest BCUT2D eigenvalue weighted by Crippen LogP contribution is 2.25. The molecule has 2 aromatic carbocycles. The lowest BCUT2D eigenvalue weighted by molar-refractivity contribution is -0.118. The molecule has 4 aromatic rings. The number of benzene rings is 2. The number of hydrogen-bond acceptors (Lipinski definition) is 5. The predicted octanol–water partition coefficient (Wildman–Crippen LogP) is 2.91. The lowest BCUT2D eigenvalue weighted by Gasteiger charge is -2.16. The Bertz CT molecular complexity index is 1100. The highest BCUT2D eigenvalue weighted by atomic mass is 16.2. The third-order valence-corrected chi connectivity index (χ3v) is 4.69. The van der Waals surface area contributed by atoms with Gasteiger partial charge in [0.15, 0.2) is 6.04 Å². The average molecular weight is 375 g/mol. The van der Waals surface area contributed by atoms with Gasteiger partial charge < -0.3 is 9.88 Å². The van der Waals surface area contributed by atoms with Gasteiger partial charge in [-0.15, -0.1) is 5.10 Å². The van der Waals surface area contributed by atoms with Gasteiger partial charge in [0.1, 0.15) is 12.2 Å². The van der Waals surface area contributed by atoms with E-state index in [4.69, 9.17) is 4.98 Å². The summed E-state index contributed by atoms with van der Waals surface area (Å²) in [4.78, 5) is 17.8. The van der Waals surface area contributed by atoms with E-state index in [0.29, 0.717) is 11.6 Å². The fraction of sp³-hybridized carbons (Fsp3) is 0.250. The minimum atomic E-state index is -0.665. The molecule has 2 aromatic heterocycles. The van der Waals surface area contributed by atoms with Gasteiger partial charge >= 0.3 is 0 Å². The zero-order chi connectivity index (χ0) is 19.7. The van der Waals surface area contributed by atoms with Crippen molar-refractivity contribution < 1.29 is 4.79 Å². The molecule has 1 N–H and O–H groups in total. The number of anilines is 1. The van der Waals surface area contributed by atoms with Crippen LogP contribution in [0, 0.1) is 0 Å². The summed E-state index contributed by atoms with van der Waals surface area (Å²) in [6.07, 6.45) is 1.44. The van der Waals surface area contributed by atoms with Crippen molar-refractivity contribution in [2.45, 2.75) is 25.8 Å². The zero-order valence-electron chi connectivity index (χ0n) is 15.9. The molecule has 0 aliphatic heterocycles. The fourth-order valence-corrected chi connectivity index (χ4v) is 3.37. The van der Waals surface area contributed by atoms with Crippen molar-refractivity contribution in [2.24, 2.45) is 7.05 Å². The van der Waals surface area contributed by atoms with Gasteiger partial charge in [-0.25, -0.2) is 9.67 Å². The first-order valence-corrected chi connectivity index (χ1v) is 9.09. The number of imidazole rings is 1. The lowest BCUT2D eigenvalue weighted by atomic mass is 10.1. The molecule has 8 nitrogen and oxygen atoms in total. The van der Waals surface area contributed by atoms with Crippen LogP contribution in [0.1, 0.15) is 37.2 Å². The van der Waals surface area contributed by atoms with Crippen LogP contribution in [0.3, 0.4) is 0 Å². The van der Waals surface area contributed by atoms with Crippen LogP contribution in [0.4, 0.5) is 5.69 Å². The van der Waals surface area contributed by atoms with Crippen molar-refractivity contribution in [2.75, 3.05) is 5.32 Å². The highest BCUT2D eigenvalue weighted by Gasteiger charge is 2.24. The number of rotatable bonds is 5. The van der Waals surface area contributed by atoms with Gasteiger partial charge in [-0.05, 0) is 34.2 Å². The molecule has 1 unspecified atom stereocenters. The molecular weight excluding hydrogens is 354 g/mol. The van der Waals surface area contributed by atoms with E-state index in [1.54, 1.807) is 0 Å². The number of aryl methyl sites for hydroxylation is 1. The van der Waals surface area contributed by atoms with E-state index >= 15 is 0 Å². The molecule has 8 heteroatoms. The quantitative estimate of drug-likeness (QED) is 0.579. The molecular formula is C20H21N7O. The Morgan fingerprint density at radius 3 is 2.57 bits per heavy atom. The molecule has 142 valence electrons. The minimum Gasteiger partial charge on any atom is -0.331 e. The summed E-state index contributed by atoms with van der Waals surface area (Å²) in [6, 6.07) is 14.5. The average Bonchev–Trinajstić information content (AvgIpc) is 3.31. The van der Waals surface area contributed by atoms with Gasteiger partial charge in [0, 0.05) is 18.7 Å². The molecule has 1 atom stereocenters. The topological polar surface area (TPSA) is 90.5 Å². The molecule has 1 amide bonds. The zero-order valence-corrected chi connectivity index (χ0v) is 15.9. The summed E-state index contributed by atoms with van der Waals surface area (Å²) in [5, 5.41) is 14.2. The van der Waals surface area contributed by atoms with Crippen molar-refractivity contribution in [3.63, 3.8) is 0 Å². The third-order valence-electron chi connectivity index (χ3n) is 4.69. The Kier molecular flexibility index (Phi) is 4.60. The monoisotopic (exact) mass is 375 g/mol. The molecule has 0 saturated carbocycles. The molecule has 0 bridgehead atoms. The number of nitrogens with one attached hydrogen (secondary N) is 1. The summed E-state index contributed by atoms with van der Waals surface area (Å²) >= 11 is 0. The molecule has 0 aliphatic carbocycles. The lowest BCUT2D eigenvalue weighted by Crippen LogP contribution is -2.27. The minimum absolute atomic E-state index is 0.224. The van der Waals surface area contributed by atoms with Crippen LogP contribution >= 0.6 is 0 Å². The van der Waals surface area contributed by atoms with Crippen LogP contribution in [-0.4, -0.2) is 35.7 Å². The number of carbonyl (C=O) groups excluding carboxylic acids is 1. The van der Waals surface area contributed by atoms with Crippen LogP contribution in [0.25, 0.3) is 11.0 Å². The Morgan fingerprint density at radius 2 is 1.89 bits per heavy atom. The van der Waals surface area contributed by atoms with Gasteiger partial charge in [0.25, 0.3) is 5.91 Å². The molecule has 0 fully saturated rings. The van der Waals surface area contributed by atoms with Crippen molar-refractivity contribution in [1.29, 1.82) is 0 Å². The van der Waals surface area contributed by atoms with E-state index in [0.717, 1.165) is 22.4 Å². The van der Waals surface area contributed by atoms with E-state index in [9.17, 15) is 4.79 Å². The van der Waals surface area contributed by atoms with Gasteiger partial charge in [0.05, 0.1) is 11.0 Å². The van der Waals surface area contributed by atoms with Crippen molar-refractivity contribution >= 4 is 22.6 Å². The van der Waals surface area contributed by atoms with Crippen LogP contribution in [0.2, 0.25) is 0 Å². The molecule has 2 heterocycles. The maximum absolute atomic E-state index is 13.1. The van der Waals surface area contributed by atoms with Crippen molar-refractivity contribution in [3.8, 4) is 0 Å². The van der Waals surface area contributed by atoms with Crippen LogP contribution in [0.15, 0.2) is 54.9 Å². The molecule has 0 aliphatic rings. The van der Waals surface area contributed by atoms with E-state index in [1.807, 2.05) is 55.6 Å². The first-order chi connectivity index (χ1) is 13.5. The van der Waals surface area contributed by atoms with Gasteiger partial charge in [-0.3, -0.25) is 4.79 Å². The Labute approximate surface area is 162 Å². The normalized spacial score (nSPS) is 12.4. The first-order valence-electron chi connectivity index (χ1n) is 9.09. The largest absolute Gasteiger partial charge is 0.331 e. The summed E-state index contributed by atoms with van der Waals surface area (Å²) in [6.45, 7) is 4.22. The fourth-order valence-electron chi connectivity index (χ4n) is 3.37. The van der Waals surface area contributed by atoms with Gasteiger partial charge in [-0.1, -0.05) is 44.2 Å². The molecule has 0 spiro atoms. The van der Waals surface area contributed by atoms with Gasteiger partial charge in [0.2, 0.25) is 0 Å². The van der Waals surface area contributed by atoms with Crippen molar-refractivity contribution in [1.82, 2.24) is 29.8 Å². The molecule has 4 rings (SSSR count). The van der Waals surface area contributed by atoms with E-state index in [2.05, 4.69) is 39.3 Å². The summed E-state index contributed by atoms with van der Waals surface area (Å²) in [5.74, 6) is 1.10. The second-order valence-electron chi connectivity index (χ2n) is 6.98. The Hall–Kier alpha value is -3.55. The maximum Gasteiger partial charge on any atom is 0.253 e. The van der Waals surface area contributed by atoms with Crippen LogP contribution in [0.5, 0.6) is 0 Å². The standard InChI is InChI=1S/C20H21N7O/c1-13(2)19-23-16-11-15(9-10-17(16)26(19)3)22-20(28)18(27-12-21-24-25-27)14-7-5-4-6-8-14/h4-13,18H,1-3H3,(H,22,28). The maximum atomic E-state index is 13.1. The smallest absolute Gasteiger partial charge is 0.253 e. The van der Waals surface area contributed by atoms with E-state index in [1.165, 1.54) is 11.0 Å². The van der Waals surface area contributed by atoms with Crippen molar-refractivity contribution in [3.05, 3.63) is 66.2 Å². The number of fused-ring (bicyclic) bond motifs is 1. The molecule has 0 radical (unpaired) electrons. The number of aromatic nitrogens is 6. The number of carbonyl (C=O) groups is 1. The summed E-state index contributed by atoms with van der Waals surface area (Å²) in [5.41, 5.74) is 3.36. The van der Waals surface area contributed by atoms with Crippen LogP contribution < -0.4 is 5.32 Å². The van der Waals surface area contributed by atoms with Crippen LogP contribution in [-0.2, 0) is 11.8 Å². The predicted molar refractivity (Wildman–Crippen MR) is 106 cm³/mol. The first kappa shape index (κ1) is 17.8. The number of nitrogens with zero attached hydrogens (tertiary/aromatic N) is 6. The van der Waals surface area contributed by atoms with E-state index < -0.39 is 6.04 Å². The summed E-state index contributed by atoms with van der Waals surface area (Å²) < 4.78 is 3.53. The number of amides is 1. The number of tetrazole rings is 1. The summed E-state index contributed by atoms with van der Waals surface area (Å²) in [7, 11) is 2.01. The highest BCUT2D eigenvalue weighted by molar-refractivity contribution is 5.97. The second-order valence-corrected chi connectivity index (χ2v) is 6.98. The van der Waals surface area contributed by atoms with Gasteiger partial charge in [-0.2, -0.15) is 0 Å². The van der Waals surface area contributed by atoms with E-state index in [-0.39, 0.29) is 5.91 Å².